The van der Waals surface area contributed by atoms with Crippen LogP contribution in [-0.2, 0) is 0 Å². The highest BCUT2D eigenvalue weighted by Crippen LogP contribution is 2.43. The van der Waals surface area contributed by atoms with Crippen molar-refractivity contribution in [2.24, 2.45) is 0 Å². The van der Waals surface area contributed by atoms with Gasteiger partial charge in [-0.05, 0) is 6.42 Å². The number of hydrogen-bond acceptors (Lipinski definition) is 5. The third-order valence-electron chi connectivity index (χ3n) is 3.09. The number of anilines is 4. The summed E-state index contributed by atoms with van der Waals surface area (Å²) in [5, 5.41) is 6.77. The lowest BCUT2D eigenvalue weighted by Gasteiger charge is -2.30. The first-order chi connectivity index (χ1) is 8.17. The molecule has 5 nitrogen and oxygen atoms in total. The van der Waals surface area contributed by atoms with Crippen LogP contribution in [0.1, 0.15) is 19.8 Å². The zero-order valence-corrected chi connectivity index (χ0v) is 10.3. The van der Waals surface area contributed by atoms with E-state index in [2.05, 4.69) is 17.6 Å². The maximum absolute atomic E-state index is 6.02. The second-order valence-corrected chi connectivity index (χ2v) is 4.34. The smallest absolute Gasteiger partial charge is 0.146 e. The molecule has 0 aliphatic carbocycles. The molecule has 0 bridgehead atoms. The van der Waals surface area contributed by atoms with E-state index in [9.17, 15) is 0 Å². The molecule has 1 heterocycles. The maximum atomic E-state index is 6.02. The lowest BCUT2D eigenvalue weighted by molar-refractivity contribution is 0.417. The third-order valence-corrected chi connectivity index (χ3v) is 3.09. The Balaban J connectivity index is 2.36. The maximum Gasteiger partial charge on any atom is 0.146 e. The van der Waals surface area contributed by atoms with Gasteiger partial charge in [0, 0.05) is 18.7 Å². The van der Waals surface area contributed by atoms with Crippen LogP contribution in [-0.4, -0.2) is 19.7 Å². The molecule has 5 heteroatoms. The summed E-state index contributed by atoms with van der Waals surface area (Å²) in [6.07, 6.45) is 2.25. The van der Waals surface area contributed by atoms with Gasteiger partial charge < -0.3 is 26.8 Å². The molecule has 1 unspecified atom stereocenters. The number of benzene rings is 1. The van der Waals surface area contributed by atoms with Crippen molar-refractivity contribution < 1.29 is 4.74 Å². The van der Waals surface area contributed by atoms with E-state index in [1.54, 1.807) is 13.2 Å². The number of rotatable bonds is 3. The molecule has 0 radical (unpaired) electrons. The molecular weight excluding hydrogens is 216 g/mol. The van der Waals surface area contributed by atoms with Crippen LogP contribution in [0.25, 0.3) is 0 Å². The van der Waals surface area contributed by atoms with E-state index in [-0.39, 0.29) is 0 Å². The third kappa shape index (κ3) is 2.05. The van der Waals surface area contributed by atoms with Crippen LogP contribution in [0.3, 0.4) is 0 Å². The van der Waals surface area contributed by atoms with Gasteiger partial charge in [0.1, 0.15) is 5.75 Å². The van der Waals surface area contributed by atoms with Crippen LogP contribution in [0, 0.1) is 0 Å². The molecule has 17 heavy (non-hydrogen) atoms. The Kier molecular flexibility index (Phi) is 3.17. The largest absolute Gasteiger partial charge is 0.494 e. The molecule has 1 aromatic carbocycles. The highest BCUT2D eigenvalue weighted by molar-refractivity contribution is 5.94. The molecule has 0 saturated carbocycles. The van der Waals surface area contributed by atoms with E-state index in [0.717, 1.165) is 30.8 Å². The van der Waals surface area contributed by atoms with E-state index in [4.69, 9.17) is 16.2 Å². The van der Waals surface area contributed by atoms with Gasteiger partial charge in [-0.2, -0.15) is 0 Å². The summed E-state index contributed by atoms with van der Waals surface area (Å²) in [6, 6.07) is 2.17. The van der Waals surface area contributed by atoms with E-state index in [1.165, 1.54) is 0 Å². The number of fused-ring (bicyclic) bond motifs is 1. The second-order valence-electron chi connectivity index (χ2n) is 4.34. The first-order valence-electron chi connectivity index (χ1n) is 5.93. The molecule has 1 atom stereocenters. The van der Waals surface area contributed by atoms with Crippen molar-refractivity contribution in [2.45, 2.75) is 25.8 Å². The first kappa shape index (κ1) is 11.7. The fourth-order valence-corrected chi connectivity index (χ4v) is 2.20. The molecule has 2 rings (SSSR count). The summed E-state index contributed by atoms with van der Waals surface area (Å²) in [5.41, 5.74) is 15.1. The minimum Gasteiger partial charge on any atom is -0.494 e. The minimum absolute atomic E-state index is 0.405. The summed E-state index contributed by atoms with van der Waals surface area (Å²) in [7, 11) is 1.59. The van der Waals surface area contributed by atoms with Crippen molar-refractivity contribution in [1.29, 1.82) is 0 Å². The van der Waals surface area contributed by atoms with Gasteiger partial charge in [0.2, 0.25) is 0 Å². The lowest BCUT2D eigenvalue weighted by Crippen LogP contribution is -2.33. The second kappa shape index (κ2) is 4.61. The van der Waals surface area contributed by atoms with E-state index in [1.807, 2.05) is 0 Å². The Hall–Kier alpha value is -1.78. The van der Waals surface area contributed by atoms with Gasteiger partial charge in [-0.25, -0.2) is 0 Å². The SMILES string of the molecule is CCCC1CNc2c(N)c(OC)cc(N)c2N1. The summed E-state index contributed by atoms with van der Waals surface area (Å²) in [5.74, 6) is 0.615. The number of nitrogens with one attached hydrogen (secondary N) is 2. The molecule has 0 aromatic heterocycles. The van der Waals surface area contributed by atoms with Crippen LogP contribution in [0.15, 0.2) is 6.07 Å². The molecule has 1 aliphatic heterocycles. The first-order valence-corrected chi connectivity index (χ1v) is 5.93. The van der Waals surface area contributed by atoms with Gasteiger partial charge in [-0.3, -0.25) is 0 Å². The number of methoxy groups -OCH3 is 1. The van der Waals surface area contributed by atoms with Crippen molar-refractivity contribution in [3.05, 3.63) is 6.07 Å². The molecule has 0 fully saturated rings. The van der Waals surface area contributed by atoms with Crippen LogP contribution in [0.2, 0.25) is 0 Å². The van der Waals surface area contributed by atoms with E-state index >= 15 is 0 Å². The zero-order chi connectivity index (χ0) is 12.4. The Bertz CT molecular complexity index is 419. The molecule has 6 N–H and O–H groups in total. The number of nitrogen functional groups attached to an aromatic ring is 2. The van der Waals surface area contributed by atoms with Crippen LogP contribution < -0.4 is 26.8 Å². The molecule has 0 spiro atoms. The quantitative estimate of drug-likeness (QED) is 0.602. The summed E-state index contributed by atoms with van der Waals surface area (Å²) < 4.78 is 5.19. The van der Waals surface area contributed by atoms with Crippen molar-refractivity contribution in [2.75, 3.05) is 35.8 Å². The fraction of sp³-hybridized carbons (Fsp3) is 0.500. The highest BCUT2D eigenvalue weighted by Gasteiger charge is 2.22. The average molecular weight is 236 g/mol. The van der Waals surface area contributed by atoms with Gasteiger partial charge in [0.05, 0.1) is 29.9 Å². The normalized spacial score (nSPS) is 17.9. The van der Waals surface area contributed by atoms with Gasteiger partial charge in [-0.1, -0.05) is 13.3 Å². The Morgan fingerprint density at radius 2 is 2.18 bits per heavy atom. The molecule has 0 amide bonds. The summed E-state index contributed by atoms with van der Waals surface area (Å²) >= 11 is 0. The summed E-state index contributed by atoms with van der Waals surface area (Å²) in [4.78, 5) is 0. The van der Waals surface area contributed by atoms with Gasteiger partial charge in [0.15, 0.2) is 0 Å². The Morgan fingerprint density at radius 3 is 2.82 bits per heavy atom. The van der Waals surface area contributed by atoms with E-state index < -0.39 is 0 Å². The zero-order valence-electron chi connectivity index (χ0n) is 10.3. The average Bonchev–Trinajstić information content (AvgIpc) is 2.34. The van der Waals surface area contributed by atoms with Gasteiger partial charge >= 0.3 is 0 Å². The van der Waals surface area contributed by atoms with Crippen molar-refractivity contribution >= 4 is 22.7 Å². The van der Waals surface area contributed by atoms with Crippen molar-refractivity contribution in [3.63, 3.8) is 0 Å². The summed E-state index contributed by atoms with van der Waals surface area (Å²) in [6.45, 7) is 3.03. The molecule has 1 aliphatic rings. The van der Waals surface area contributed by atoms with E-state index in [0.29, 0.717) is 23.2 Å². The number of ether oxygens (including phenoxy) is 1. The monoisotopic (exact) mass is 236 g/mol. The topological polar surface area (TPSA) is 85.3 Å². The minimum atomic E-state index is 0.405. The lowest BCUT2D eigenvalue weighted by atomic mass is 10.1. The van der Waals surface area contributed by atoms with Crippen molar-refractivity contribution in [1.82, 2.24) is 0 Å². The molecule has 94 valence electrons. The van der Waals surface area contributed by atoms with Gasteiger partial charge in [0.25, 0.3) is 0 Å². The standard InChI is InChI=1S/C12H20N4O/c1-3-4-7-6-15-12-10(14)9(17-2)5-8(13)11(12)16-7/h5,7,15-16H,3-4,6,13-14H2,1-2H3. The van der Waals surface area contributed by atoms with Crippen LogP contribution in [0.4, 0.5) is 22.7 Å². The number of nitrogens with two attached hydrogens (primary N) is 2. The predicted octanol–water partition coefficient (Wildman–Crippen LogP) is 1.87. The van der Waals surface area contributed by atoms with Gasteiger partial charge in [-0.15, -0.1) is 0 Å². The Labute approximate surface area is 102 Å². The fourth-order valence-electron chi connectivity index (χ4n) is 2.20. The highest BCUT2D eigenvalue weighted by atomic mass is 16.5. The molecular formula is C12H20N4O. The molecule has 0 saturated heterocycles. The van der Waals surface area contributed by atoms with Crippen LogP contribution in [0.5, 0.6) is 5.75 Å². The molecule has 1 aromatic rings. The number of hydrogen-bond donors (Lipinski definition) is 4. The Morgan fingerprint density at radius 1 is 1.41 bits per heavy atom. The predicted molar refractivity (Wildman–Crippen MR) is 72.6 cm³/mol. The van der Waals surface area contributed by atoms with Crippen LogP contribution >= 0.6 is 0 Å². The van der Waals surface area contributed by atoms with Crippen molar-refractivity contribution in [3.8, 4) is 5.75 Å².